The first kappa shape index (κ1) is 8.70. The molecule has 5 N–H and O–H groups in total. The van der Waals surface area contributed by atoms with Gasteiger partial charge in [0.15, 0.2) is 0 Å². The van der Waals surface area contributed by atoms with Gasteiger partial charge < -0.3 is 10.6 Å². The molecule has 0 aromatic heterocycles. The van der Waals surface area contributed by atoms with Crippen LogP contribution in [0.1, 0.15) is 0 Å². The number of amides is 3. The van der Waals surface area contributed by atoms with Crippen LogP contribution in [0.25, 0.3) is 0 Å². The maximum absolute atomic E-state index is 10.4. The minimum absolute atomic E-state index is 0.0699. The topological polar surface area (TPSA) is 96.2 Å². The number of carbonyl (C=O) groups excluding carboxylic acids is 2. The Kier molecular flexibility index (Phi) is 3.97. The molecule has 0 bridgehead atoms. The van der Waals surface area contributed by atoms with Crippen molar-refractivity contribution in [2.24, 2.45) is 5.84 Å². The zero-order valence-corrected chi connectivity index (χ0v) is 5.60. The molecule has 0 aliphatic heterocycles. The van der Waals surface area contributed by atoms with Gasteiger partial charge in [-0.05, 0) is 0 Å². The van der Waals surface area contributed by atoms with E-state index >= 15 is 0 Å². The maximum atomic E-state index is 10.4. The van der Waals surface area contributed by atoms with Crippen molar-refractivity contribution in [3.05, 3.63) is 0 Å². The van der Waals surface area contributed by atoms with E-state index in [-0.39, 0.29) is 12.5 Å². The highest BCUT2D eigenvalue weighted by atomic mass is 16.2. The van der Waals surface area contributed by atoms with Gasteiger partial charge in [0, 0.05) is 7.05 Å². The second kappa shape index (κ2) is 4.57. The molecule has 0 saturated heterocycles. The van der Waals surface area contributed by atoms with E-state index in [0.29, 0.717) is 0 Å². The Labute approximate surface area is 58.1 Å². The summed E-state index contributed by atoms with van der Waals surface area (Å²) in [6.07, 6.45) is 0. The predicted octanol–water partition coefficient (Wildman–Crippen LogP) is -2.09. The van der Waals surface area contributed by atoms with E-state index in [0.717, 1.165) is 0 Å². The molecule has 0 spiro atoms. The predicted molar refractivity (Wildman–Crippen MR) is 34.8 cm³/mol. The van der Waals surface area contributed by atoms with Crippen LogP contribution in [0, 0.1) is 0 Å². The largest absolute Gasteiger partial charge is 0.358 e. The van der Waals surface area contributed by atoms with E-state index < -0.39 is 6.03 Å². The maximum Gasteiger partial charge on any atom is 0.329 e. The number of nitrogens with two attached hydrogens (primary N) is 1. The Morgan fingerprint density at radius 3 is 2.50 bits per heavy atom. The van der Waals surface area contributed by atoms with Gasteiger partial charge >= 0.3 is 6.03 Å². The van der Waals surface area contributed by atoms with Crippen LogP contribution < -0.4 is 21.9 Å². The quantitative estimate of drug-likeness (QED) is 0.204. The molecule has 0 aliphatic rings. The van der Waals surface area contributed by atoms with Crippen LogP contribution in [-0.4, -0.2) is 25.5 Å². The Balaban J connectivity index is 3.35. The summed E-state index contributed by atoms with van der Waals surface area (Å²) >= 11 is 0. The number of rotatable bonds is 2. The Hall–Kier alpha value is -1.30. The van der Waals surface area contributed by atoms with Crippen LogP contribution in [0.4, 0.5) is 4.79 Å². The molecule has 0 fully saturated rings. The molecule has 0 rings (SSSR count). The van der Waals surface area contributed by atoms with Crippen molar-refractivity contribution >= 4 is 11.9 Å². The third kappa shape index (κ3) is 3.67. The summed E-state index contributed by atoms with van der Waals surface area (Å²) in [5.74, 6) is 4.43. The molecule has 0 heterocycles. The minimum atomic E-state index is -0.580. The Morgan fingerprint density at radius 1 is 1.50 bits per heavy atom. The van der Waals surface area contributed by atoms with Crippen LogP contribution in [0.5, 0.6) is 0 Å². The molecule has 3 amide bonds. The summed E-state index contributed by atoms with van der Waals surface area (Å²) in [4.78, 5) is 20.7. The molecule has 6 nitrogen and oxygen atoms in total. The van der Waals surface area contributed by atoms with Gasteiger partial charge in [-0.2, -0.15) is 0 Å². The Bertz CT molecular complexity index is 119. The van der Waals surface area contributed by atoms with Crippen molar-refractivity contribution in [3.63, 3.8) is 0 Å². The summed E-state index contributed by atoms with van der Waals surface area (Å²) in [7, 11) is 1.48. The lowest BCUT2D eigenvalue weighted by molar-refractivity contribution is -0.119. The first-order chi connectivity index (χ1) is 4.70. The molecule has 0 radical (unpaired) electrons. The average Bonchev–Trinajstić information content (AvgIpc) is 1.99. The van der Waals surface area contributed by atoms with Gasteiger partial charge in [0.25, 0.3) is 0 Å². The fraction of sp³-hybridized carbons (Fsp3) is 0.500. The lowest BCUT2D eigenvalue weighted by Gasteiger charge is -2.01. The van der Waals surface area contributed by atoms with Gasteiger partial charge in [0.1, 0.15) is 0 Å². The third-order valence-electron chi connectivity index (χ3n) is 0.819. The zero-order valence-electron chi connectivity index (χ0n) is 5.60. The molecular weight excluding hydrogens is 136 g/mol. The number of hydrogen-bond donors (Lipinski definition) is 4. The molecular formula is C4H10N4O2. The molecule has 58 valence electrons. The van der Waals surface area contributed by atoms with Crippen LogP contribution in [0.15, 0.2) is 0 Å². The Morgan fingerprint density at radius 2 is 2.10 bits per heavy atom. The van der Waals surface area contributed by atoms with Crippen LogP contribution in [-0.2, 0) is 4.79 Å². The summed E-state index contributed by atoms with van der Waals surface area (Å²) in [6, 6.07) is -0.580. The van der Waals surface area contributed by atoms with E-state index in [1.807, 2.05) is 5.43 Å². The fourth-order valence-corrected chi connectivity index (χ4v) is 0.300. The van der Waals surface area contributed by atoms with E-state index in [9.17, 15) is 9.59 Å². The van der Waals surface area contributed by atoms with Crippen LogP contribution in [0.2, 0.25) is 0 Å². The van der Waals surface area contributed by atoms with Crippen molar-refractivity contribution in [1.29, 1.82) is 0 Å². The van der Waals surface area contributed by atoms with E-state index in [2.05, 4.69) is 10.6 Å². The lowest BCUT2D eigenvalue weighted by atomic mass is 10.6. The van der Waals surface area contributed by atoms with Gasteiger partial charge in [-0.15, -0.1) is 0 Å². The van der Waals surface area contributed by atoms with Crippen molar-refractivity contribution in [2.45, 2.75) is 0 Å². The highest BCUT2D eigenvalue weighted by Crippen LogP contribution is 1.60. The monoisotopic (exact) mass is 146 g/mol. The first-order valence-electron chi connectivity index (χ1n) is 2.65. The zero-order chi connectivity index (χ0) is 7.98. The number of nitrogens with one attached hydrogen (secondary N) is 3. The second-order valence-corrected chi connectivity index (χ2v) is 1.50. The summed E-state index contributed by atoms with van der Waals surface area (Å²) in [5, 5.41) is 4.52. The molecule has 0 saturated carbocycles. The van der Waals surface area contributed by atoms with E-state index in [1.54, 1.807) is 0 Å². The molecule has 0 aliphatic carbocycles. The molecule has 0 aromatic rings. The number of carbonyl (C=O) groups is 2. The standard InChI is InChI=1S/C4H10N4O2/c1-6-3(9)2-7-4(10)8-5/h2,5H2,1H3,(H,6,9)(H2,7,8,10). The fourth-order valence-electron chi connectivity index (χ4n) is 0.300. The van der Waals surface area contributed by atoms with Crippen LogP contribution in [0.3, 0.4) is 0 Å². The number of hydrazine groups is 1. The highest BCUT2D eigenvalue weighted by Gasteiger charge is 1.99. The number of likely N-dealkylation sites (N-methyl/N-ethyl adjacent to an activating group) is 1. The SMILES string of the molecule is CNC(=O)CNC(=O)NN. The lowest BCUT2D eigenvalue weighted by Crippen LogP contribution is -2.43. The van der Waals surface area contributed by atoms with Crippen molar-refractivity contribution in [1.82, 2.24) is 16.1 Å². The van der Waals surface area contributed by atoms with Crippen molar-refractivity contribution in [3.8, 4) is 0 Å². The minimum Gasteiger partial charge on any atom is -0.358 e. The van der Waals surface area contributed by atoms with Gasteiger partial charge in [-0.1, -0.05) is 0 Å². The summed E-state index contributed by atoms with van der Waals surface area (Å²) in [5.41, 5.74) is 1.81. The summed E-state index contributed by atoms with van der Waals surface area (Å²) < 4.78 is 0. The molecule has 10 heavy (non-hydrogen) atoms. The van der Waals surface area contributed by atoms with Crippen LogP contribution >= 0.6 is 0 Å². The van der Waals surface area contributed by atoms with E-state index in [1.165, 1.54) is 7.05 Å². The normalized spacial score (nSPS) is 8.20. The van der Waals surface area contributed by atoms with Crippen molar-refractivity contribution in [2.75, 3.05) is 13.6 Å². The average molecular weight is 146 g/mol. The summed E-state index contributed by atoms with van der Waals surface area (Å²) in [6.45, 7) is -0.0699. The molecule has 6 heteroatoms. The van der Waals surface area contributed by atoms with Gasteiger partial charge in [-0.3, -0.25) is 10.2 Å². The smallest absolute Gasteiger partial charge is 0.329 e. The van der Waals surface area contributed by atoms with Crippen molar-refractivity contribution < 1.29 is 9.59 Å². The molecule has 0 aromatic carbocycles. The van der Waals surface area contributed by atoms with E-state index in [4.69, 9.17) is 5.84 Å². The second-order valence-electron chi connectivity index (χ2n) is 1.50. The number of hydrogen-bond acceptors (Lipinski definition) is 3. The highest BCUT2D eigenvalue weighted by molar-refractivity contribution is 5.83. The number of urea groups is 1. The first-order valence-corrected chi connectivity index (χ1v) is 2.65. The van der Waals surface area contributed by atoms with Gasteiger partial charge in [0.05, 0.1) is 6.54 Å². The molecule has 0 atom stereocenters. The molecule has 0 unspecified atom stereocenters. The third-order valence-corrected chi connectivity index (χ3v) is 0.819. The van der Waals surface area contributed by atoms with Gasteiger partial charge in [-0.25, -0.2) is 10.6 Å². The van der Waals surface area contributed by atoms with Gasteiger partial charge in [0.2, 0.25) is 5.91 Å².